The molecule has 0 unspecified atom stereocenters. The number of carbonyl (C=O) groups is 1. The zero-order chi connectivity index (χ0) is 17.1. The summed E-state index contributed by atoms with van der Waals surface area (Å²) in [6.45, 7) is 0. The molecule has 1 N–H and O–H groups in total. The summed E-state index contributed by atoms with van der Waals surface area (Å²) in [5.74, 6) is 2.05. The van der Waals surface area contributed by atoms with Crippen LogP contribution in [0.25, 0.3) is 0 Å². The van der Waals surface area contributed by atoms with E-state index in [9.17, 15) is 13.2 Å². The van der Waals surface area contributed by atoms with Crippen LogP contribution in [0.5, 0.6) is 0 Å². The SMILES string of the molecule is CS(=O)(=O)c1cc(C(=O)NC23CC4CC(CC(C4)C2)C3)ccc1Cl. The first-order valence-electron chi connectivity index (χ1n) is 8.56. The van der Waals surface area contributed by atoms with Crippen molar-refractivity contribution in [2.45, 2.75) is 49.0 Å². The second-order valence-corrected chi connectivity index (χ2v) is 10.5. The molecule has 4 saturated carbocycles. The summed E-state index contributed by atoms with van der Waals surface area (Å²) in [7, 11) is -3.45. The average molecular weight is 368 g/mol. The maximum Gasteiger partial charge on any atom is 0.251 e. The maximum atomic E-state index is 12.8. The zero-order valence-electron chi connectivity index (χ0n) is 13.7. The Labute approximate surface area is 147 Å². The number of carbonyl (C=O) groups excluding carboxylic acids is 1. The Kier molecular flexibility index (Phi) is 3.73. The lowest BCUT2D eigenvalue weighted by molar-refractivity contribution is -0.0167. The number of hydrogen-bond acceptors (Lipinski definition) is 3. The molecule has 0 saturated heterocycles. The number of amides is 1. The number of hydrogen-bond donors (Lipinski definition) is 1. The molecule has 1 amide bonds. The minimum atomic E-state index is -3.45. The standard InChI is InChI=1S/C18H22ClNO3S/c1-24(22,23)16-7-14(2-3-15(16)19)17(21)20-18-8-11-4-12(9-18)6-13(5-11)10-18/h2-3,7,11-13H,4-6,8-10H2,1H3,(H,20,21). The highest BCUT2D eigenvalue weighted by Crippen LogP contribution is 2.55. The second kappa shape index (κ2) is 5.46. The predicted octanol–water partition coefficient (Wildman–Crippen LogP) is 3.44. The molecule has 0 heterocycles. The van der Waals surface area contributed by atoms with Crippen LogP contribution in [-0.2, 0) is 9.84 Å². The minimum absolute atomic E-state index is 0.0160. The van der Waals surface area contributed by atoms with Crippen LogP contribution in [0.4, 0.5) is 0 Å². The Morgan fingerprint density at radius 3 is 2.17 bits per heavy atom. The number of nitrogens with one attached hydrogen (secondary N) is 1. The molecule has 4 aliphatic carbocycles. The fourth-order valence-electron chi connectivity index (χ4n) is 5.51. The number of benzene rings is 1. The van der Waals surface area contributed by atoms with E-state index in [2.05, 4.69) is 5.32 Å². The van der Waals surface area contributed by atoms with Crippen LogP contribution in [0.2, 0.25) is 5.02 Å². The van der Waals surface area contributed by atoms with Crippen molar-refractivity contribution < 1.29 is 13.2 Å². The van der Waals surface area contributed by atoms with Gasteiger partial charge >= 0.3 is 0 Å². The summed E-state index contributed by atoms with van der Waals surface area (Å²) in [4.78, 5) is 12.8. The molecule has 4 bridgehead atoms. The van der Waals surface area contributed by atoms with Gasteiger partial charge in [-0.1, -0.05) is 11.6 Å². The Hall–Kier alpha value is -1.07. The molecule has 130 valence electrons. The van der Waals surface area contributed by atoms with E-state index in [0.717, 1.165) is 43.3 Å². The van der Waals surface area contributed by atoms with Crippen LogP contribution in [0.3, 0.4) is 0 Å². The number of rotatable bonds is 3. The first-order valence-corrected chi connectivity index (χ1v) is 10.8. The molecule has 1 aromatic carbocycles. The van der Waals surface area contributed by atoms with Crippen LogP contribution in [0, 0.1) is 17.8 Å². The van der Waals surface area contributed by atoms with Gasteiger partial charge in [0.1, 0.15) is 0 Å². The lowest BCUT2D eigenvalue weighted by atomic mass is 9.53. The highest BCUT2D eigenvalue weighted by atomic mass is 35.5. The third kappa shape index (κ3) is 2.86. The molecular formula is C18H22ClNO3S. The van der Waals surface area contributed by atoms with E-state index in [1.807, 2.05) is 0 Å². The van der Waals surface area contributed by atoms with Gasteiger partial charge in [-0.3, -0.25) is 4.79 Å². The lowest BCUT2D eigenvalue weighted by Gasteiger charge is -2.56. The summed E-state index contributed by atoms with van der Waals surface area (Å²) < 4.78 is 23.6. The Balaban J connectivity index is 1.59. The van der Waals surface area contributed by atoms with Crippen molar-refractivity contribution in [3.05, 3.63) is 28.8 Å². The van der Waals surface area contributed by atoms with Gasteiger partial charge in [0.25, 0.3) is 5.91 Å². The molecule has 0 spiro atoms. The normalized spacial score (nSPS) is 34.3. The van der Waals surface area contributed by atoms with E-state index in [1.165, 1.54) is 31.4 Å². The van der Waals surface area contributed by atoms with Crippen molar-refractivity contribution in [2.75, 3.05) is 6.26 Å². The Morgan fingerprint density at radius 1 is 1.12 bits per heavy atom. The molecule has 1 aromatic rings. The molecular weight excluding hydrogens is 346 g/mol. The van der Waals surface area contributed by atoms with Gasteiger partial charge in [0, 0.05) is 17.4 Å². The Bertz CT molecular complexity index is 767. The largest absolute Gasteiger partial charge is 0.347 e. The molecule has 4 nitrogen and oxygen atoms in total. The number of sulfone groups is 1. The quantitative estimate of drug-likeness (QED) is 0.890. The van der Waals surface area contributed by atoms with Crippen LogP contribution in [0.15, 0.2) is 23.1 Å². The highest BCUT2D eigenvalue weighted by molar-refractivity contribution is 7.90. The molecule has 6 heteroatoms. The first kappa shape index (κ1) is 16.4. The van der Waals surface area contributed by atoms with Gasteiger partial charge in [-0.15, -0.1) is 0 Å². The smallest absolute Gasteiger partial charge is 0.251 e. The van der Waals surface area contributed by atoms with Crippen LogP contribution >= 0.6 is 11.6 Å². The third-order valence-electron chi connectivity index (χ3n) is 6.01. The topological polar surface area (TPSA) is 63.2 Å². The van der Waals surface area contributed by atoms with Crippen molar-refractivity contribution >= 4 is 27.3 Å². The van der Waals surface area contributed by atoms with E-state index < -0.39 is 9.84 Å². The minimum Gasteiger partial charge on any atom is -0.347 e. The molecule has 4 fully saturated rings. The monoisotopic (exact) mass is 367 g/mol. The van der Waals surface area contributed by atoms with Crippen LogP contribution in [0.1, 0.15) is 48.9 Å². The lowest BCUT2D eigenvalue weighted by Crippen LogP contribution is -2.59. The molecule has 5 rings (SSSR count). The van der Waals surface area contributed by atoms with Crippen molar-refractivity contribution in [3.8, 4) is 0 Å². The average Bonchev–Trinajstić information content (AvgIpc) is 2.44. The van der Waals surface area contributed by atoms with Gasteiger partial charge in [-0.2, -0.15) is 0 Å². The summed E-state index contributed by atoms with van der Waals surface area (Å²) in [6, 6.07) is 4.49. The molecule has 24 heavy (non-hydrogen) atoms. The van der Waals surface area contributed by atoms with Crippen molar-refractivity contribution in [1.82, 2.24) is 5.32 Å². The molecule has 0 aliphatic heterocycles. The van der Waals surface area contributed by atoms with Crippen molar-refractivity contribution in [2.24, 2.45) is 17.8 Å². The first-order chi connectivity index (χ1) is 11.2. The van der Waals surface area contributed by atoms with Crippen LogP contribution in [-0.4, -0.2) is 26.1 Å². The highest BCUT2D eigenvalue weighted by Gasteiger charge is 2.51. The van der Waals surface area contributed by atoms with E-state index >= 15 is 0 Å². The van der Waals surface area contributed by atoms with E-state index in [4.69, 9.17) is 11.6 Å². The van der Waals surface area contributed by atoms with E-state index in [0.29, 0.717) is 5.56 Å². The number of halogens is 1. The third-order valence-corrected chi connectivity index (χ3v) is 7.59. The molecule has 0 aromatic heterocycles. The summed E-state index contributed by atoms with van der Waals surface area (Å²) in [6.07, 6.45) is 8.25. The molecule has 4 aliphatic rings. The fraction of sp³-hybridized carbons (Fsp3) is 0.611. The van der Waals surface area contributed by atoms with Gasteiger partial charge in [-0.25, -0.2) is 8.42 Å². The van der Waals surface area contributed by atoms with Gasteiger partial charge in [0.05, 0.1) is 9.92 Å². The van der Waals surface area contributed by atoms with E-state index in [1.54, 1.807) is 6.07 Å². The predicted molar refractivity (Wildman–Crippen MR) is 92.9 cm³/mol. The summed E-state index contributed by atoms with van der Waals surface area (Å²) in [5.41, 5.74) is 0.284. The maximum absolute atomic E-state index is 12.8. The van der Waals surface area contributed by atoms with Gasteiger partial charge in [-0.05, 0) is 74.5 Å². The second-order valence-electron chi connectivity index (χ2n) is 8.07. The zero-order valence-corrected chi connectivity index (χ0v) is 15.3. The molecule has 0 atom stereocenters. The van der Waals surface area contributed by atoms with Crippen molar-refractivity contribution in [1.29, 1.82) is 0 Å². The van der Waals surface area contributed by atoms with E-state index in [-0.39, 0.29) is 21.4 Å². The fourth-order valence-corrected chi connectivity index (χ4v) is 6.81. The molecule has 0 radical (unpaired) electrons. The van der Waals surface area contributed by atoms with Gasteiger partial charge in [0.15, 0.2) is 9.84 Å². The van der Waals surface area contributed by atoms with Gasteiger partial charge < -0.3 is 5.32 Å². The van der Waals surface area contributed by atoms with Crippen molar-refractivity contribution in [3.63, 3.8) is 0 Å². The van der Waals surface area contributed by atoms with Crippen LogP contribution < -0.4 is 5.32 Å². The Morgan fingerprint density at radius 2 is 1.67 bits per heavy atom. The summed E-state index contributed by atoms with van der Waals surface area (Å²) in [5, 5.41) is 3.42. The van der Waals surface area contributed by atoms with Gasteiger partial charge in [0.2, 0.25) is 0 Å². The summed E-state index contributed by atoms with van der Waals surface area (Å²) >= 11 is 5.97.